The van der Waals surface area contributed by atoms with Crippen molar-refractivity contribution in [3.63, 3.8) is 0 Å². The first-order chi connectivity index (χ1) is 12.5. The molecule has 0 bridgehead atoms. The van der Waals surface area contributed by atoms with E-state index in [-0.39, 0.29) is 29.3 Å². The molecule has 3 atom stereocenters. The molecule has 4 rings (SSSR count). The Morgan fingerprint density at radius 2 is 2.15 bits per heavy atom. The summed E-state index contributed by atoms with van der Waals surface area (Å²) in [6.07, 6.45) is 4.01. The van der Waals surface area contributed by atoms with E-state index in [1.54, 1.807) is 18.3 Å². The molecule has 3 heterocycles. The van der Waals surface area contributed by atoms with Gasteiger partial charge in [0.25, 0.3) is 0 Å². The zero-order chi connectivity index (χ0) is 18.3. The van der Waals surface area contributed by atoms with Gasteiger partial charge in [-0.3, -0.25) is 9.59 Å². The Bertz CT molecular complexity index is 667. The highest BCUT2D eigenvalue weighted by atomic mass is 32.1. The monoisotopic (exact) mass is 376 g/mol. The van der Waals surface area contributed by atoms with E-state index in [4.69, 9.17) is 4.74 Å². The summed E-state index contributed by atoms with van der Waals surface area (Å²) in [4.78, 5) is 29.1. The second kappa shape index (κ2) is 6.97. The second-order valence-corrected chi connectivity index (χ2v) is 8.94. The average Bonchev–Trinajstić information content (AvgIpc) is 2.98. The van der Waals surface area contributed by atoms with Gasteiger partial charge in [0.1, 0.15) is 0 Å². The largest absolute Gasteiger partial charge is 0.378 e. The van der Waals surface area contributed by atoms with Crippen LogP contribution in [0.2, 0.25) is 0 Å². The third kappa shape index (κ3) is 3.29. The van der Waals surface area contributed by atoms with E-state index in [1.807, 2.05) is 16.7 Å². The number of hydrogen-bond acceptors (Lipinski definition) is 4. The number of amides is 2. The molecule has 2 saturated heterocycles. The minimum Gasteiger partial charge on any atom is -0.378 e. The maximum Gasteiger partial charge on any atom is 0.228 e. The van der Waals surface area contributed by atoms with E-state index in [0.717, 1.165) is 38.8 Å². The van der Waals surface area contributed by atoms with Crippen LogP contribution >= 0.6 is 11.3 Å². The van der Waals surface area contributed by atoms with Gasteiger partial charge in [0.2, 0.25) is 11.8 Å². The summed E-state index contributed by atoms with van der Waals surface area (Å²) in [5.74, 6) is 0.462. The number of nitrogens with zero attached hydrogens (tertiary/aromatic N) is 2. The molecule has 6 heteroatoms. The van der Waals surface area contributed by atoms with Gasteiger partial charge in [-0.1, -0.05) is 0 Å². The van der Waals surface area contributed by atoms with E-state index in [2.05, 4.69) is 16.8 Å². The van der Waals surface area contributed by atoms with Crippen LogP contribution < -0.4 is 0 Å². The van der Waals surface area contributed by atoms with Gasteiger partial charge < -0.3 is 14.5 Å². The van der Waals surface area contributed by atoms with Gasteiger partial charge >= 0.3 is 0 Å². The molecule has 1 aromatic heterocycles. The summed E-state index contributed by atoms with van der Waals surface area (Å²) in [5, 5.41) is 4.19. The van der Waals surface area contributed by atoms with Crippen LogP contribution in [0.5, 0.6) is 0 Å². The third-order valence-corrected chi connectivity index (χ3v) is 7.36. The number of rotatable bonds is 4. The lowest BCUT2D eigenvalue weighted by atomic mass is 9.90. The normalized spacial score (nSPS) is 29.8. The Hall–Kier alpha value is -1.40. The number of carbonyl (C=O) groups excluding carboxylic acids is 2. The van der Waals surface area contributed by atoms with E-state index in [0.29, 0.717) is 19.2 Å². The molecule has 0 aromatic carbocycles. The highest BCUT2D eigenvalue weighted by Crippen LogP contribution is 2.57. The molecule has 1 aromatic rings. The lowest BCUT2D eigenvalue weighted by molar-refractivity contribution is -0.139. The van der Waals surface area contributed by atoms with E-state index in [1.165, 1.54) is 5.56 Å². The number of ether oxygens (including phenoxy) is 1. The molecule has 0 radical (unpaired) electrons. The van der Waals surface area contributed by atoms with Gasteiger partial charge in [0, 0.05) is 39.2 Å². The minimum atomic E-state index is 0.0337. The first-order valence-electron chi connectivity index (χ1n) is 9.69. The van der Waals surface area contributed by atoms with Crippen LogP contribution in [0.3, 0.4) is 0 Å². The molecular weight excluding hydrogens is 348 g/mol. The number of carbonyl (C=O) groups is 2. The Morgan fingerprint density at radius 1 is 1.38 bits per heavy atom. The van der Waals surface area contributed by atoms with Crippen LogP contribution in [0.15, 0.2) is 16.8 Å². The predicted octanol–water partition coefficient (Wildman–Crippen LogP) is 2.90. The van der Waals surface area contributed by atoms with Crippen LogP contribution in [0, 0.1) is 11.3 Å². The molecule has 1 aliphatic carbocycles. The molecule has 3 unspecified atom stereocenters. The zero-order valence-corrected chi connectivity index (χ0v) is 16.5. The summed E-state index contributed by atoms with van der Waals surface area (Å²) in [5.41, 5.74) is 1.45. The maximum absolute atomic E-state index is 12.8. The van der Waals surface area contributed by atoms with E-state index in [9.17, 15) is 9.59 Å². The zero-order valence-electron chi connectivity index (χ0n) is 15.6. The van der Waals surface area contributed by atoms with Crippen LogP contribution in [0.4, 0.5) is 0 Å². The molecule has 0 N–H and O–H groups in total. The van der Waals surface area contributed by atoms with Crippen molar-refractivity contribution in [3.8, 4) is 0 Å². The Kier molecular flexibility index (Phi) is 4.82. The summed E-state index contributed by atoms with van der Waals surface area (Å²) in [7, 11) is 0. The van der Waals surface area contributed by atoms with Crippen molar-refractivity contribution < 1.29 is 14.3 Å². The number of thiophene rings is 1. The fraction of sp³-hybridized carbons (Fsp3) is 0.700. The highest BCUT2D eigenvalue weighted by Gasteiger charge is 2.58. The van der Waals surface area contributed by atoms with Gasteiger partial charge in [-0.15, -0.1) is 0 Å². The molecule has 3 fully saturated rings. The molecule has 2 amide bonds. The van der Waals surface area contributed by atoms with Crippen LogP contribution in [-0.2, 0) is 20.9 Å². The van der Waals surface area contributed by atoms with Gasteiger partial charge in [-0.25, -0.2) is 0 Å². The van der Waals surface area contributed by atoms with Gasteiger partial charge in [0.05, 0.1) is 12.0 Å². The number of likely N-dealkylation sites (tertiary alicyclic amines) is 1. The molecule has 142 valence electrons. The Morgan fingerprint density at radius 3 is 2.73 bits per heavy atom. The topological polar surface area (TPSA) is 49.9 Å². The fourth-order valence-electron chi connectivity index (χ4n) is 4.79. The first kappa shape index (κ1) is 18.0. The predicted molar refractivity (Wildman–Crippen MR) is 101 cm³/mol. The molecule has 3 aliphatic rings. The summed E-state index contributed by atoms with van der Waals surface area (Å²) in [6, 6.07) is 2.44. The van der Waals surface area contributed by atoms with Crippen molar-refractivity contribution in [2.24, 2.45) is 11.3 Å². The SMILES string of the molecule is CC(=O)N(Cc1ccsc1)C1CC12CCN(C(=O)C1CCOC1C)CC2. The Labute approximate surface area is 159 Å². The molecule has 2 aliphatic heterocycles. The van der Waals surface area contributed by atoms with Crippen molar-refractivity contribution in [2.75, 3.05) is 19.7 Å². The second-order valence-electron chi connectivity index (χ2n) is 8.16. The third-order valence-electron chi connectivity index (χ3n) is 6.62. The standard InChI is InChI=1S/C20H28N2O3S/c1-14-17(3-9-25-14)19(24)21-7-5-20(6-8-21)11-18(20)22(15(2)23)12-16-4-10-26-13-16/h4,10,13-14,17-18H,3,5-9,11-12H2,1-2H3. The molecular formula is C20H28N2O3S. The lowest BCUT2D eigenvalue weighted by Gasteiger charge is -2.36. The van der Waals surface area contributed by atoms with Crippen LogP contribution in [-0.4, -0.2) is 53.5 Å². The van der Waals surface area contributed by atoms with Crippen LogP contribution in [0.25, 0.3) is 0 Å². The quantitative estimate of drug-likeness (QED) is 0.812. The summed E-state index contributed by atoms with van der Waals surface area (Å²) >= 11 is 1.68. The Balaban J connectivity index is 1.35. The van der Waals surface area contributed by atoms with Gasteiger partial charge in [0.15, 0.2) is 0 Å². The summed E-state index contributed by atoms with van der Waals surface area (Å²) in [6.45, 7) is 6.75. The van der Waals surface area contributed by atoms with E-state index >= 15 is 0 Å². The van der Waals surface area contributed by atoms with Crippen LogP contribution in [0.1, 0.15) is 45.1 Å². The van der Waals surface area contributed by atoms with Gasteiger partial charge in [-0.2, -0.15) is 11.3 Å². The minimum absolute atomic E-state index is 0.0337. The number of hydrogen-bond donors (Lipinski definition) is 0. The first-order valence-corrected chi connectivity index (χ1v) is 10.6. The maximum atomic E-state index is 12.8. The number of piperidine rings is 1. The van der Waals surface area contributed by atoms with Crippen molar-refractivity contribution in [1.82, 2.24) is 9.80 Å². The molecule has 1 spiro atoms. The van der Waals surface area contributed by atoms with Crippen molar-refractivity contribution in [1.29, 1.82) is 0 Å². The van der Waals surface area contributed by atoms with Gasteiger partial charge in [-0.05, 0) is 60.4 Å². The highest BCUT2D eigenvalue weighted by molar-refractivity contribution is 7.07. The lowest BCUT2D eigenvalue weighted by Crippen LogP contribution is -2.45. The van der Waals surface area contributed by atoms with Crippen molar-refractivity contribution in [2.45, 2.75) is 58.2 Å². The fourth-order valence-corrected chi connectivity index (χ4v) is 5.45. The van der Waals surface area contributed by atoms with Crippen molar-refractivity contribution in [3.05, 3.63) is 22.4 Å². The smallest absolute Gasteiger partial charge is 0.228 e. The van der Waals surface area contributed by atoms with E-state index < -0.39 is 0 Å². The average molecular weight is 377 g/mol. The van der Waals surface area contributed by atoms with Crippen molar-refractivity contribution >= 4 is 23.2 Å². The molecule has 1 saturated carbocycles. The molecule has 5 nitrogen and oxygen atoms in total. The molecule has 26 heavy (non-hydrogen) atoms. The summed E-state index contributed by atoms with van der Waals surface area (Å²) < 4.78 is 5.56.